The van der Waals surface area contributed by atoms with Crippen LogP contribution in [0.1, 0.15) is 37.2 Å². The lowest BCUT2D eigenvalue weighted by Gasteiger charge is -2.31. The van der Waals surface area contributed by atoms with Gasteiger partial charge in [-0.15, -0.1) is 0 Å². The number of hydrogen-bond acceptors (Lipinski definition) is 4. The molecule has 0 atom stereocenters. The summed E-state index contributed by atoms with van der Waals surface area (Å²) in [5.74, 6) is 0.629. The predicted octanol–water partition coefficient (Wildman–Crippen LogP) is 1.66. The number of rotatable bonds is 6. The molecule has 0 spiro atoms. The van der Waals surface area contributed by atoms with Crippen molar-refractivity contribution in [3.8, 4) is 0 Å². The smallest absolute Gasteiger partial charge is 0.269 e. The summed E-state index contributed by atoms with van der Waals surface area (Å²) in [4.78, 5) is 18.4. The number of anilines is 1. The lowest BCUT2D eigenvalue weighted by atomic mass is 9.97. The molecule has 116 valence electrons. The van der Waals surface area contributed by atoms with Crippen molar-refractivity contribution in [3.63, 3.8) is 0 Å². The van der Waals surface area contributed by atoms with Gasteiger partial charge in [-0.05, 0) is 57.8 Å². The molecule has 5 heteroatoms. The molecular weight excluding hydrogens is 264 g/mol. The van der Waals surface area contributed by atoms with Gasteiger partial charge in [0.05, 0.1) is 0 Å². The molecular formula is C16H26N4O. The normalized spacial score (nSPS) is 15.7. The Balaban J connectivity index is 2.06. The SMILES string of the molecule is CCNC(=O)c1cc(N(CC)CC2CCNCC2)ccn1. The number of carbonyl (C=O) groups is 1. The number of pyridine rings is 1. The van der Waals surface area contributed by atoms with Crippen molar-refractivity contribution in [2.24, 2.45) is 5.92 Å². The van der Waals surface area contributed by atoms with Gasteiger partial charge in [-0.3, -0.25) is 9.78 Å². The molecule has 0 bridgehead atoms. The maximum atomic E-state index is 11.9. The van der Waals surface area contributed by atoms with Crippen LogP contribution in [0.4, 0.5) is 5.69 Å². The van der Waals surface area contributed by atoms with Gasteiger partial charge in [0.15, 0.2) is 0 Å². The Bertz CT molecular complexity index is 457. The molecule has 2 N–H and O–H groups in total. The molecule has 1 saturated heterocycles. The molecule has 0 unspecified atom stereocenters. The van der Waals surface area contributed by atoms with E-state index in [0.29, 0.717) is 12.2 Å². The van der Waals surface area contributed by atoms with E-state index in [9.17, 15) is 4.79 Å². The van der Waals surface area contributed by atoms with Gasteiger partial charge in [0, 0.05) is 31.5 Å². The first kappa shape index (κ1) is 15.8. The molecule has 2 heterocycles. The van der Waals surface area contributed by atoms with Gasteiger partial charge in [-0.25, -0.2) is 0 Å². The Morgan fingerprint density at radius 1 is 1.43 bits per heavy atom. The van der Waals surface area contributed by atoms with Crippen LogP contribution in [-0.4, -0.2) is 43.6 Å². The van der Waals surface area contributed by atoms with Gasteiger partial charge >= 0.3 is 0 Å². The van der Waals surface area contributed by atoms with Crippen molar-refractivity contribution in [2.75, 3.05) is 37.6 Å². The second-order valence-corrected chi connectivity index (χ2v) is 5.49. The minimum Gasteiger partial charge on any atom is -0.371 e. The lowest BCUT2D eigenvalue weighted by Crippen LogP contribution is -2.36. The zero-order chi connectivity index (χ0) is 15.1. The summed E-state index contributed by atoms with van der Waals surface area (Å²) >= 11 is 0. The molecule has 0 saturated carbocycles. The summed E-state index contributed by atoms with van der Waals surface area (Å²) in [6.45, 7) is 8.92. The summed E-state index contributed by atoms with van der Waals surface area (Å²) in [6, 6.07) is 3.89. The second kappa shape index (κ2) is 7.98. The van der Waals surface area contributed by atoms with Crippen molar-refractivity contribution in [1.82, 2.24) is 15.6 Å². The zero-order valence-electron chi connectivity index (χ0n) is 13.1. The predicted molar refractivity (Wildman–Crippen MR) is 85.7 cm³/mol. The first-order chi connectivity index (χ1) is 10.2. The summed E-state index contributed by atoms with van der Waals surface area (Å²) < 4.78 is 0. The number of carbonyl (C=O) groups excluding carboxylic acids is 1. The van der Waals surface area contributed by atoms with Crippen LogP contribution in [0, 0.1) is 5.92 Å². The van der Waals surface area contributed by atoms with Gasteiger partial charge in [-0.1, -0.05) is 0 Å². The molecule has 0 aliphatic carbocycles. The molecule has 2 rings (SSSR count). The maximum Gasteiger partial charge on any atom is 0.269 e. The Labute approximate surface area is 127 Å². The fourth-order valence-corrected chi connectivity index (χ4v) is 2.78. The third kappa shape index (κ3) is 4.43. The minimum absolute atomic E-state index is 0.0998. The van der Waals surface area contributed by atoms with Crippen LogP contribution in [0.5, 0.6) is 0 Å². The monoisotopic (exact) mass is 290 g/mol. The summed E-state index contributed by atoms with van der Waals surface area (Å²) in [5.41, 5.74) is 1.59. The molecule has 1 aromatic heterocycles. The molecule has 1 aromatic rings. The van der Waals surface area contributed by atoms with E-state index in [-0.39, 0.29) is 5.91 Å². The van der Waals surface area contributed by atoms with E-state index < -0.39 is 0 Å². The number of nitrogens with one attached hydrogen (secondary N) is 2. The number of amides is 1. The Kier molecular flexibility index (Phi) is 5.99. The van der Waals surface area contributed by atoms with E-state index in [1.165, 1.54) is 12.8 Å². The van der Waals surface area contributed by atoms with Crippen LogP contribution in [0.3, 0.4) is 0 Å². The highest BCUT2D eigenvalue weighted by Crippen LogP contribution is 2.20. The highest BCUT2D eigenvalue weighted by molar-refractivity contribution is 5.93. The van der Waals surface area contributed by atoms with Crippen LogP contribution in [0.25, 0.3) is 0 Å². The van der Waals surface area contributed by atoms with Gasteiger partial charge in [0.25, 0.3) is 5.91 Å². The topological polar surface area (TPSA) is 57.3 Å². The summed E-state index contributed by atoms with van der Waals surface area (Å²) in [6.07, 6.45) is 4.18. The molecule has 5 nitrogen and oxygen atoms in total. The summed E-state index contributed by atoms with van der Waals surface area (Å²) in [5, 5.41) is 6.20. The first-order valence-corrected chi connectivity index (χ1v) is 7.94. The zero-order valence-corrected chi connectivity index (χ0v) is 13.1. The third-order valence-corrected chi connectivity index (χ3v) is 4.00. The molecule has 1 aliphatic heterocycles. The number of piperidine rings is 1. The van der Waals surface area contributed by atoms with Crippen molar-refractivity contribution in [1.29, 1.82) is 0 Å². The summed E-state index contributed by atoms with van der Waals surface area (Å²) in [7, 11) is 0. The van der Waals surface area contributed by atoms with Crippen LogP contribution in [-0.2, 0) is 0 Å². The van der Waals surface area contributed by atoms with Gasteiger partial charge in [-0.2, -0.15) is 0 Å². The second-order valence-electron chi connectivity index (χ2n) is 5.49. The largest absolute Gasteiger partial charge is 0.371 e. The number of aromatic nitrogens is 1. The molecule has 0 radical (unpaired) electrons. The van der Waals surface area contributed by atoms with Crippen molar-refractivity contribution in [3.05, 3.63) is 24.0 Å². The number of hydrogen-bond donors (Lipinski definition) is 2. The minimum atomic E-state index is -0.0998. The highest BCUT2D eigenvalue weighted by Gasteiger charge is 2.17. The fourth-order valence-electron chi connectivity index (χ4n) is 2.78. The van der Waals surface area contributed by atoms with Crippen LogP contribution in [0.15, 0.2) is 18.3 Å². The van der Waals surface area contributed by atoms with Crippen molar-refractivity contribution in [2.45, 2.75) is 26.7 Å². The molecule has 1 aliphatic rings. The van der Waals surface area contributed by atoms with E-state index in [1.807, 2.05) is 19.1 Å². The van der Waals surface area contributed by atoms with Crippen LogP contribution < -0.4 is 15.5 Å². The van der Waals surface area contributed by atoms with Crippen molar-refractivity contribution < 1.29 is 4.79 Å². The van der Waals surface area contributed by atoms with Crippen molar-refractivity contribution >= 4 is 11.6 Å². The average Bonchev–Trinajstić information content (AvgIpc) is 2.54. The van der Waals surface area contributed by atoms with E-state index in [1.54, 1.807) is 6.20 Å². The van der Waals surface area contributed by atoms with E-state index in [0.717, 1.165) is 37.8 Å². The third-order valence-electron chi connectivity index (χ3n) is 4.00. The van der Waals surface area contributed by atoms with Gasteiger partial charge in [0.1, 0.15) is 5.69 Å². The Morgan fingerprint density at radius 3 is 2.86 bits per heavy atom. The molecule has 0 aromatic carbocycles. The van der Waals surface area contributed by atoms with E-state index >= 15 is 0 Å². The average molecular weight is 290 g/mol. The lowest BCUT2D eigenvalue weighted by molar-refractivity contribution is 0.0951. The number of nitrogens with zero attached hydrogens (tertiary/aromatic N) is 2. The van der Waals surface area contributed by atoms with Gasteiger partial charge in [0.2, 0.25) is 0 Å². The molecule has 1 fully saturated rings. The highest BCUT2D eigenvalue weighted by atomic mass is 16.1. The maximum absolute atomic E-state index is 11.9. The first-order valence-electron chi connectivity index (χ1n) is 7.94. The van der Waals surface area contributed by atoms with Crippen LogP contribution >= 0.6 is 0 Å². The van der Waals surface area contributed by atoms with Crippen LogP contribution in [0.2, 0.25) is 0 Å². The fraction of sp³-hybridized carbons (Fsp3) is 0.625. The quantitative estimate of drug-likeness (QED) is 0.836. The van der Waals surface area contributed by atoms with Gasteiger partial charge < -0.3 is 15.5 Å². The molecule has 21 heavy (non-hydrogen) atoms. The Hall–Kier alpha value is -1.62. The Morgan fingerprint density at radius 2 is 2.19 bits per heavy atom. The van der Waals surface area contributed by atoms with E-state index in [2.05, 4.69) is 27.4 Å². The van der Waals surface area contributed by atoms with E-state index in [4.69, 9.17) is 0 Å². The molecule has 1 amide bonds. The standard InChI is InChI=1S/C16H26N4O/c1-3-18-16(21)15-11-14(7-10-19-15)20(4-2)12-13-5-8-17-9-6-13/h7,10-11,13,17H,3-6,8-9,12H2,1-2H3,(H,18,21).